The Morgan fingerprint density at radius 2 is 1.96 bits per heavy atom. The number of rotatable bonds is 5. The van der Waals surface area contributed by atoms with Gasteiger partial charge in [-0.2, -0.15) is 0 Å². The Morgan fingerprint density at radius 1 is 1.22 bits per heavy atom. The molecule has 122 valence electrons. The van der Waals surface area contributed by atoms with Crippen molar-refractivity contribution in [1.29, 1.82) is 0 Å². The Balaban J connectivity index is 2.22. The van der Waals surface area contributed by atoms with Crippen LogP contribution < -0.4 is 10.1 Å². The number of hydrogen-bond donors (Lipinski definition) is 1. The highest BCUT2D eigenvalue weighted by atomic mass is 35.5. The number of hydrogen-bond acceptors (Lipinski definition) is 3. The summed E-state index contributed by atoms with van der Waals surface area (Å²) in [5.41, 5.74) is 0.643. The summed E-state index contributed by atoms with van der Waals surface area (Å²) in [7, 11) is 1.23. The van der Waals surface area contributed by atoms with Crippen LogP contribution in [0.3, 0.4) is 0 Å². The van der Waals surface area contributed by atoms with Gasteiger partial charge in [0.25, 0.3) is 6.43 Å². The minimum absolute atomic E-state index is 0.0615. The highest BCUT2D eigenvalue weighted by Gasteiger charge is 2.15. The molecular weight excluding hydrogens is 328 g/mol. The molecule has 0 saturated carbocycles. The third kappa shape index (κ3) is 4.32. The van der Waals surface area contributed by atoms with Crippen molar-refractivity contribution in [3.05, 3.63) is 58.6 Å². The average Bonchev–Trinajstić information content (AvgIpc) is 2.54. The van der Waals surface area contributed by atoms with E-state index in [-0.39, 0.29) is 17.9 Å². The van der Waals surface area contributed by atoms with Gasteiger partial charge in [-0.3, -0.25) is 5.32 Å². The van der Waals surface area contributed by atoms with Crippen LogP contribution in [0.4, 0.5) is 19.3 Å². The molecule has 4 nitrogen and oxygen atoms in total. The molecule has 0 radical (unpaired) electrons. The highest BCUT2D eigenvalue weighted by Crippen LogP contribution is 2.31. The Bertz CT molecular complexity index is 695. The number of benzene rings is 2. The number of methoxy groups -OCH3 is 1. The minimum Gasteiger partial charge on any atom is -0.488 e. The van der Waals surface area contributed by atoms with Crippen molar-refractivity contribution in [1.82, 2.24) is 0 Å². The van der Waals surface area contributed by atoms with Gasteiger partial charge in [0, 0.05) is 10.6 Å². The quantitative estimate of drug-likeness (QED) is 0.829. The molecule has 23 heavy (non-hydrogen) atoms. The molecule has 0 aromatic heterocycles. The van der Waals surface area contributed by atoms with E-state index in [0.29, 0.717) is 16.3 Å². The maximum absolute atomic E-state index is 13.0. The number of nitrogens with one attached hydrogen (secondary N) is 1. The average molecular weight is 342 g/mol. The molecule has 0 heterocycles. The summed E-state index contributed by atoms with van der Waals surface area (Å²) >= 11 is 6.10. The normalized spacial score (nSPS) is 10.5. The largest absolute Gasteiger partial charge is 0.488 e. The topological polar surface area (TPSA) is 47.6 Å². The summed E-state index contributed by atoms with van der Waals surface area (Å²) < 4.78 is 35.9. The molecule has 7 heteroatoms. The molecule has 0 aliphatic carbocycles. The molecule has 0 aliphatic rings. The first-order chi connectivity index (χ1) is 11.0. The maximum Gasteiger partial charge on any atom is 0.411 e. The van der Waals surface area contributed by atoms with Crippen LogP contribution in [0.2, 0.25) is 5.02 Å². The number of anilines is 1. The standard InChI is InChI=1S/C16H14ClF2NO3/c1-22-16(21)20-13-7-4-6-12(17)11(13)9-23-14-8-3-2-5-10(14)15(18)19/h2-8,15H,9H2,1H3,(H,20,21). The van der Waals surface area contributed by atoms with Gasteiger partial charge in [-0.1, -0.05) is 29.8 Å². The zero-order valence-electron chi connectivity index (χ0n) is 12.2. The van der Waals surface area contributed by atoms with Crippen LogP contribution in [-0.4, -0.2) is 13.2 Å². The Kier molecular flexibility index (Phi) is 5.76. The van der Waals surface area contributed by atoms with Crippen LogP contribution in [0.1, 0.15) is 17.6 Å². The second-order valence-corrected chi connectivity index (χ2v) is 4.92. The number of para-hydroxylation sites is 1. The van der Waals surface area contributed by atoms with E-state index in [9.17, 15) is 13.6 Å². The fourth-order valence-electron chi connectivity index (χ4n) is 1.93. The Morgan fingerprint density at radius 3 is 2.65 bits per heavy atom. The van der Waals surface area contributed by atoms with Gasteiger partial charge in [0.1, 0.15) is 12.4 Å². The van der Waals surface area contributed by atoms with Gasteiger partial charge in [0.15, 0.2) is 0 Å². The van der Waals surface area contributed by atoms with E-state index in [0.717, 1.165) is 0 Å². The number of halogens is 3. The molecule has 0 atom stereocenters. The number of alkyl halides is 2. The fraction of sp³-hybridized carbons (Fsp3) is 0.188. The summed E-state index contributed by atoms with van der Waals surface area (Å²) in [6.07, 6.45) is -3.31. The van der Waals surface area contributed by atoms with E-state index in [1.807, 2.05) is 0 Å². The smallest absolute Gasteiger partial charge is 0.411 e. The highest BCUT2D eigenvalue weighted by molar-refractivity contribution is 6.31. The zero-order chi connectivity index (χ0) is 16.8. The van der Waals surface area contributed by atoms with E-state index in [1.54, 1.807) is 24.3 Å². The lowest BCUT2D eigenvalue weighted by molar-refractivity contribution is 0.144. The van der Waals surface area contributed by atoms with E-state index < -0.39 is 12.5 Å². The molecule has 2 rings (SSSR count). The van der Waals surface area contributed by atoms with Crippen molar-refractivity contribution in [3.63, 3.8) is 0 Å². The van der Waals surface area contributed by atoms with Crippen molar-refractivity contribution in [2.75, 3.05) is 12.4 Å². The second-order valence-electron chi connectivity index (χ2n) is 4.51. The van der Waals surface area contributed by atoms with Crippen molar-refractivity contribution in [2.45, 2.75) is 13.0 Å². The molecule has 0 saturated heterocycles. The summed E-state index contributed by atoms with van der Waals surface area (Å²) in [6.45, 7) is -0.0806. The third-order valence-electron chi connectivity index (χ3n) is 3.07. The van der Waals surface area contributed by atoms with Crippen molar-refractivity contribution < 1.29 is 23.0 Å². The molecule has 0 aliphatic heterocycles. The van der Waals surface area contributed by atoms with Gasteiger partial charge in [0.05, 0.1) is 18.4 Å². The number of amides is 1. The lowest BCUT2D eigenvalue weighted by Crippen LogP contribution is -2.13. The molecule has 0 spiro atoms. The van der Waals surface area contributed by atoms with Crippen molar-refractivity contribution in [3.8, 4) is 5.75 Å². The van der Waals surface area contributed by atoms with Crippen LogP contribution in [0, 0.1) is 0 Å². The molecule has 1 amide bonds. The summed E-state index contributed by atoms with van der Waals surface area (Å²) in [5.74, 6) is 0.0615. The van der Waals surface area contributed by atoms with Gasteiger partial charge < -0.3 is 9.47 Å². The van der Waals surface area contributed by atoms with Crippen LogP contribution in [0.5, 0.6) is 5.75 Å². The van der Waals surface area contributed by atoms with Gasteiger partial charge in [0.2, 0.25) is 0 Å². The van der Waals surface area contributed by atoms with E-state index in [4.69, 9.17) is 16.3 Å². The third-order valence-corrected chi connectivity index (χ3v) is 3.42. The van der Waals surface area contributed by atoms with Gasteiger partial charge in [-0.15, -0.1) is 0 Å². The number of carbonyl (C=O) groups excluding carboxylic acids is 1. The van der Waals surface area contributed by atoms with Crippen LogP contribution in [-0.2, 0) is 11.3 Å². The van der Waals surface area contributed by atoms with Gasteiger partial charge in [-0.25, -0.2) is 13.6 Å². The van der Waals surface area contributed by atoms with Crippen LogP contribution in [0.15, 0.2) is 42.5 Å². The molecule has 0 bridgehead atoms. The van der Waals surface area contributed by atoms with Gasteiger partial charge in [-0.05, 0) is 24.3 Å². The molecule has 0 unspecified atom stereocenters. The first-order valence-electron chi connectivity index (χ1n) is 6.65. The van der Waals surface area contributed by atoms with E-state index in [2.05, 4.69) is 10.1 Å². The van der Waals surface area contributed by atoms with E-state index >= 15 is 0 Å². The first-order valence-corrected chi connectivity index (χ1v) is 7.03. The maximum atomic E-state index is 13.0. The molecular formula is C16H14ClF2NO3. The predicted molar refractivity (Wildman–Crippen MR) is 83.2 cm³/mol. The molecule has 2 aromatic rings. The second kappa shape index (κ2) is 7.78. The van der Waals surface area contributed by atoms with Crippen LogP contribution in [0.25, 0.3) is 0 Å². The summed E-state index contributed by atoms with van der Waals surface area (Å²) in [5, 5.41) is 2.84. The SMILES string of the molecule is COC(=O)Nc1cccc(Cl)c1COc1ccccc1C(F)F. The van der Waals surface area contributed by atoms with Crippen molar-refractivity contribution >= 4 is 23.4 Å². The Hall–Kier alpha value is -2.34. The predicted octanol–water partition coefficient (Wildman–Crippen LogP) is 5.03. The minimum atomic E-state index is -2.65. The monoisotopic (exact) mass is 341 g/mol. The number of carbonyl (C=O) groups is 1. The lowest BCUT2D eigenvalue weighted by atomic mass is 10.1. The van der Waals surface area contributed by atoms with E-state index in [1.165, 1.54) is 25.3 Å². The zero-order valence-corrected chi connectivity index (χ0v) is 12.9. The van der Waals surface area contributed by atoms with Crippen LogP contribution >= 0.6 is 11.6 Å². The van der Waals surface area contributed by atoms with Gasteiger partial charge >= 0.3 is 6.09 Å². The molecule has 0 fully saturated rings. The Labute approximate surface area is 137 Å². The van der Waals surface area contributed by atoms with Crippen molar-refractivity contribution in [2.24, 2.45) is 0 Å². The number of ether oxygens (including phenoxy) is 2. The lowest BCUT2D eigenvalue weighted by Gasteiger charge is -2.15. The fourth-order valence-corrected chi connectivity index (χ4v) is 2.15. The summed E-state index contributed by atoms with van der Waals surface area (Å²) in [4.78, 5) is 11.3. The first kappa shape index (κ1) is 17.0. The summed E-state index contributed by atoms with van der Waals surface area (Å²) in [6, 6.07) is 10.7. The molecule has 2 aromatic carbocycles. The molecule has 1 N–H and O–H groups in total.